The molecule has 0 N–H and O–H groups in total. The van der Waals surface area contributed by atoms with Crippen molar-refractivity contribution >= 4 is 63.8 Å². The lowest BCUT2D eigenvalue weighted by atomic mass is 10.1. The molecule has 0 unspecified atom stereocenters. The summed E-state index contributed by atoms with van der Waals surface area (Å²) in [5, 5.41) is 0.472. The van der Waals surface area contributed by atoms with Crippen molar-refractivity contribution < 1.29 is 4.79 Å². The summed E-state index contributed by atoms with van der Waals surface area (Å²) >= 11 is 28.1. The van der Waals surface area contributed by atoms with Gasteiger partial charge in [0.15, 0.2) is 10.6 Å². The Hall–Kier alpha value is 0.340. The van der Waals surface area contributed by atoms with Gasteiger partial charge in [0.25, 0.3) is 0 Å². The smallest absolute Gasteiger partial charge is 0.198 e. The Morgan fingerprint density at radius 1 is 1.07 bits per heavy atom. The third-order valence-electron chi connectivity index (χ3n) is 1.49. The van der Waals surface area contributed by atoms with Crippen LogP contribution in [0.25, 0.3) is 0 Å². The largest absolute Gasteiger partial charge is 0.291 e. The van der Waals surface area contributed by atoms with Gasteiger partial charge in [-0.25, -0.2) is 0 Å². The standard InChI is InChI=1S/C8H3Cl5O/c9-3-1-2-4(10)6(11)5(3)7(14)8(12)13/h1-2,8H. The second-order valence-corrected chi connectivity index (χ2v) is 4.67. The van der Waals surface area contributed by atoms with Gasteiger partial charge < -0.3 is 0 Å². The van der Waals surface area contributed by atoms with E-state index in [0.29, 0.717) is 0 Å². The normalized spacial score (nSPS) is 10.7. The monoisotopic (exact) mass is 290 g/mol. The molecule has 0 aliphatic rings. The molecule has 0 amide bonds. The molecule has 0 aromatic heterocycles. The molecule has 0 aliphatic heterocycles. The van der Waals surface area contributed by atoms with E-state index in [1.54, 1.807) is 0 Å². The molecular formula is C8H3Cl5O. The van der Waals surface area contributed by atoms with Gasteiger partial charge in [-0.3, -0.25) is 4.79 Å². The molecule has 1 aromatic rings. The number of halogens is 5. The van der Waals surface area contributed by atoms with Gasteiger partial charge in [0.05, 0.1) is 20.6 Å². The fraction of sp³-hybridized carbons (Fsp3) is 0.125. The van der Waals surface area contributed by atoms with Crippen LogP contribution in [-0.2, 0) is 0 Å². The van der Waals surface area contributed by atoms with Gasteiger partial charge in [0, 0.05) is 0 Å². The third kappa shape index (κ3) is 2.47. The van der Waals surface area contributed by atoms with Crippen LogP contribution in [0.1, 0.15) is 10.4 Å². The van der Waals surface area contributed by atoms with Gasteiger partial charge >= 0.3 is 0 Å². The fourth-order valence-corrected chi connectivity index (χ4v) is 1.79. The van der Waals surface area contributed by atoms with Crippen LogP contribution in [0.2, 0.25) is 15.1 Å². The minimum Gasteiger partial charge on any atom is -0.291 e. The minimum atomic E-state index is -1.21. The van der Waals surface area contributed by atoms with Crippen LogP contribution >= 0.6 is 58.0 Å². The van der Waals surface area contributed by atoms with Crippen LogP contribution in [0.15, 0.2) is 12.1 Å². The first-order chi connectivity index (χ1) is 6.45. The van der Waals surface area contributed by atoms with Gasteiger partial charge in [-0.05, 0) is 12.1 Å². The van der Waals surface area contributed by atoms with Crippen molar-refractivity contribution in [2.75, 3.05) is 0 Å². The van der Waals surface area contributed by atoms with Crippen molar-refractivity contribution in [3.8, 4) is 0 Å². The maximum atomic E-state index is 11.4. The number of rotatable bonds is 2. The summed E-state index contributed by atoms with van der Waals surface area (Å²) in [6.45, 7) is 0. The lowest BCUT2D eigenvalue weighted by Crippen LogP contribution is -2.09. The van der Waals surface area contributed by atoms with Crippen LogP contribution in [0.4, 0.5) is 0 Å². The van der Waals surface area contributed by atoms with Crippen molar-refractivity contribution in [1.29, 1.82) is 0 Å². The van der Waals surface area contributed by atoms with Crippen molar-refractivity contribution in [3.63, 3.8) is 0 Å². The number of ketones is 1. The SMILES string of the molecule is O=C(c1c(Cl)ccc(Cl)c1Cl)C(Cl)Cl. The summed E-state index contributed by atoms with van der Waals surface area (Å²) in [7, 11) is 0. The second kappa shape index (κ2) is 4.91. The summed E-state index contributed by atoms with van der Waals surface area (Å²) in [5.74, 6) is -0.564. The molecule has 0 saturated heterocycles. The fourth-order valence-electron chi connectivity index (χ4n) is 0.862. The maximum absolute atomic E-state index is 11.4. The van der Waals surface area contributed by atoms with Gasteiger partial charge in [-0.15, -0.1) is 0 Å². The van der Waals surface area contributed by atoms with E-state index in [-0.39, 0.29) is 20.6 Å². The van der Waals surface area contributed by atoms with E-state index in [4.69, 9.17) is 58.0 Å². The number of benzene rings is 1. The average molecular weight is 292 g/mol. The molecule has 1 rings (SSSR count). The number of hydrogen-bond acceptors (Lipinski definition) is 1. The first-order valence-corrected chi connectivity index (χ1v) is 5.41. The molecule has 0 saturated carbocycles. The molecule has 0 fully saturated rings. The predicted molar refractivity (Wildman–Crippen MR) is 61.3 cm³/mol. The van der Waals surface area contributed by atoms with Crippen LogP contribution in [-0.4, -0.2) is 10.6 Å². The van der Waals surface area contributed by atoms with E-state index in [1.165, 1.54) is 12.1 Å². The molecule has 6 heteroatoms. The number of Topliss-reactive ketones (excluding diaryl/α,β-unsaturated/α-hetero) is 1. The summed E-state index contributed by atoms with van der Waals surface area (Å²) in [4.78, 5) is 10.2. The number of hydrogen-bond donors (Lipinski definition) is 0. The third-order valence-corrected chi connectivity index (χ3v) is 3.00. The highest BCUT2D eigenvalue weighted by Crippen LogP contribution is 2.33. The Labute approximate surface area is 106 Å². The lowest BCUT2D eigenvalue weighted by Gasteiger charge is -2.07. The van der Waals surface area contributed by atoms with Gasteiger partial charge in [0.1, 0.15) is 0 Å². The Bertz CT molecular complexity index is 374. The molecule has 1 nitrogen and oxygen atoms in total. The van der Waals surface area contributed by atoms with Crippen molar-refractivity contribution in [1.82, 2.24) is 0 Å². The van der Waals surface area contributed by atoms with Crippen LogP contribution in [0.3, 0.4) is 0 Å². The first kappa shape index (κ1) is 12.4. The van der Waals surface area contributed by atoms with E-state index in [9.17, 15) is 4.79 Å². The summed E-state index contributed by atoms with van der Waals surface area (Å²) in [6.07, 6.45) is 0. The van der Waals surface area contributed by atoms with Crippen molar-refractivity contribution in [2.24, 2.45) is 0 Å². The molecule has 1 aromatic carbocycles. The Balaban J connectivity index is 3.33. The molecule has 0 aliphatic carbocycles. The molecule has 76 valence electrons. The Morgan fingerprint density at radius 2 is 1.57 bits per heavy atom. The van der Waals surface area contributed by atoms with Crippen LogP contribution < -0.4 is 0 Å². The molecule has 14 heavy (non-hydrogen) atoms. The second-order valence-electron chi connectivity index (χ2n) is 2.38. The molecule has 0 radical (unpaired) electrons. The zero-order chi connectivity index (χ0) is 10.9. The van der Waals surface area contributed by atoms with Crippen LogP contribution in [0, 0.1) is 0 Å². The highest BCUT2D eigenvalue weighted by Gasteiger charge is 2.22. The highest BCUT2D eigenvalue weighted by atomic mass is 35.5. The minimum absolute atomic E-state index is 0.0517. The predicted octanol–water partition coefficient (Wildman–Crippen LogP) is 4.63. The highest BCUT2D eigenvalue weighted by molar-refractivity contribution is 6.57. The Morgan fingerprint density at radius 3 is 2.07 bits per heavy atom. The van der Waals surface area contributed by atoms with Gasteiger partial charge in [-0.2, -0.15) is 0 Å². The van der Waals surface area contributed by atoms with Crippen molar-refractivity contribution in [2.45, 2.75) is 4.84 Å². The zero-order valence-electron chi connectivity index (χ0n) is 6.53. The maximum Gasteiger partial charge on any atom is 0.198 e. The quantitative estimate of drug-likeness (QED) is 0.441. The van der Waals surface area contributed by atoms with E-state index in [1.807, 2.05) is 0 Å². The summed E-state index contributed by atoms with van der Waals surface area (Å²) in [5.41, 5.74) is 0.0517. The topological polar surface area (TPSA) is 17.1 Å². The average Bonchev–Trinajstić information content (AvgIpc) is 2.12. The molecule has 0 spiro atoms. The summed E-state index contributed by atoms with van der Waals surface area (Å²) in [6, 6.07) is 2.94. The first-order valence-electron chi connectivity index (χ1n) is 3.41. The van der Waals surface area contributed by atoms with Gasteiger partial charge in [0.2, 0.25) is 0 Å². The molecule has 0 bridgehead atoms. The molecule has 0 atom stereocenters. The van der Waals surface area contributed by atoms with E-state index in [2.05, 4.69) is 0 Å². The van der Waals surface area contributed by atoms with Crippen molar-refractivity contribution in [3.05, 3.63) is 32.8 Å². The van der Waals surface area contributed by atoms with E-state index < -0.39 is 10.6 Å². The zero-order valence-corrected chi connectivity index (χ0v) is 10.3. The molecular weight excluding hydrogens is 289 g/mol. The van der Waals surface area contributed by atoms with E-state index >= 15 is 0 Å². The summed E-state index contributed by atoms with van der Waals surface area (Å²) < 4.78 is 0. The Kier molecular flexibility index (Phi) is 4.35. The molecule has 0 heterocycles. The number of alkyl halides is 2. The number of carbonyl (C=O) groups is 1. The lowest BCUT2D eigenvalue weighted by molar-refractivity contribution is 0.101. The van der Waals surface area contributed by atoms with Crippen LogP contribution in [0.5, 0.6) is 0 Å². The number of carbonyl (C=O) groups excluding carboxylic acids is 1. The van der Waals surface area contributed by atoms with E-state index in [0.717, 1.165) is 0 Å². The van der Waals surface area contributed by atoms with Gasteiger partial charge in [-0.1, -0.05) is 58.0 Å².